The van der Waals surface area contributed by atoms with Crippen molar-refractivity contribution in [3.63, 3.8) is 0 Å². The summed E-state index contributed by atoms with van der Waals surface area (Å²) in [5.41, 5.74) is 5.64. The van der Waals surface area contributed by atoms with Crippen molar-refractivity contribution in [2.45, 2.75) is 36.7 Å². The van der Waals surface area contributed by atoms with Gasteiger partial charge >= 0.3 is 0 Å². The predicted octanol–water partition coefficient (Wildman–Crippen LogP) is -0.542. The van der Waals surface area contributed by atoms with E-state index in [0.29, 0.717) is 13.1 Å². The van der Waals surface area contributed by atoms with Crippen molar-refractivity contribution in [1.82, 2.24) is 19.4 Å². The molecular formula is C12H22ClN5O3S. The van der Waals surface area contributed by atoms with Crippen molar-refractivity contribution in [2.75, 3.05) is 13.1 Å². The van der Waals surface area contributed by atoms with E-state index >= 15 is 0 Å². The van der Waals surface area contributed by atoms with Crippen LogP contribution in [0, 0.1) is 0 Å². The van der Waals surface area contributed by atoms with Gasteiger partial charge in [0.1, 0.15) is 4.90 Å². The van der Waals surface area contributed by atoms with Crippen molar-refractivity contribution in [3.05, 3.63) is 12.4 Å². The molecule has 1 amide bonds. The molecule has 2 rings (SSSR count). The number of rotatable bonds is 5. The van der Waals surface area contributed by atoms with E-state index in [2.05, 4.69) is 9.82 Å². The van der Waals surface area contributed by atoms with Crippen LogP contribution >= 0.6 is 12.4 Å². The molecule has 1 aliphatic heterocycles. The maximum atomic E-state index is 12.4. The zero-order valence-corrected chi connectivity index (χ0v) is 14.2. The average Bonchev–Trinajstić information content (AvgIpc) is 3.05. The van der Waals surface area contributed by atoms with E-state index in [1.807, 2.05) is 0 Å². The first-order chi connectivity index (χ1) is 9.85. The van der Waals surface area contributed by atoms with Crippen LogP contribution in [0.3, 0.4) is 0 Å². The lowest BCUT2D eigenvalue weighted by atomic mass is 10.2. The highest BCUT2D eigenvalue weighted by Gasteiger charge is 2.32. The quantitative estimate of drug-likeness (QED) is 0.740. The van der Waals surface area contributed by atoms with Gasteiger partial charge in [-0.05, 0) is 19.8 Å². The van der Waals surface area contributed by atoms with Gasteiger partial charge in [0, 0.05) is 32.4 Å². The molecule has 0 bridgehead atoms. The summed E-state index contributed by atoms with van der Waals surface area (Å²) >= 11 is 0. The van der Waals surface area contributed by atoms with Crippen molar-refractivity contribution in [2.24, 2.45) is 12.8 Å². The summed E-state index contributed by atoms with van der Waals surface area (Å²) < 4.78 is 28.1. The Morgan fingerprint density at radius 1 is 1.59 bits per heavy atom. The van der Waals surface area contributed by atoms with Crippen LogP contribution in [0.4, 0.5) is 0 Å². The molecule has 8 nitrogen and oxygen atoms in total. The minimum absolute atomic E-state index is 0. The van der Waals surface area contributed by atoms with Gasteiger partial charge in [-0.25, -0.2) is 8.42 Å². The van der Waals surface area contributed by atoms with Gasteiger partial charge in [-0.1, -0.05) is 0 Å². The molecule has 1 aliphatic rings. The molecule has 1 aromatic rings. The number of sulfonamides is 1. The Balaban J connectivity index is 0.00000242. The third kappa shape index (κ3) is 3.97. The number of aromatic nitrogens is 2. The Morgan fingerprint density at radius 2 is 2.27 bits per heavy atom. The SMILES string of the molecule is CC(NS(=O)(=O)c1cnn(C)c1)C(=O)N1CCCC1CN.Cl. The van der Waals surface area contributed by atoms with Crippen molar-refractivity contribution in [1.29, 1.82) is 0 Å². The summed E-state index contributed by atoms with van der Waals surface area (Å²) in [7, 11) is -2.12. The number of aryl methyl sites for hydroxylation is 1. The molecule has 0 aromatic carbocycles. The minimum Gasteiger partial charge on any atom is -0.337 e. The van der Waals surface area contributed by atoms with Gasteiger partial charge in [0.05, 0.1) is 12.2 Å². The highest BCUT2D eigenvalue weighted by molar-refractivity contribution is 7.89. The molecule has 0 spiro atoms. The molecule has 0 aliphatic carbocycles. The van der Waals surface area contributed by atoms with E-state index in [1.165, 1.54) is 17.1 Å². The maximum absolute atomic E-state index is 12.4. The molecule has 0 radical (unpaired) electrons. The third-order valence-corrected chi connectivity index (χ3v) is 5.12. The number of nitrogens with two attached hydrogens (primary N) is 1. The molecular weight excluding hydrogens is 330 g/mol. The lowest BCUT2D eigenvalue weighted by Crippen LogP contribution is -2.50. The number of hydrogen-bond acceptors (Lipinski definition) is 5. The predicted molar refractivity (Wildman–Crippen MR) is 84.0 cm³/mol. The summed E-state index contributed by atoms with van der Waals surface area (Å²) in [6.07, 6.45) is 4.40. The van der Waals surface area contributed by atoms with Crippen molar-refractivity contribution < 1.29 is 13.2 Å². The van der Waals surface area contributed by atoms with Crippen LogP contribution in [0.25, 0.3) is 0 Å². The largest absolute Gasteiger partial charge is 0.337 e. The number of carbonyl (C=O) groups excluding carboxylic acids is 1. The van der Waals surface area contributed by atoms with Crippen LogP contribution in [0.15, 0.2) is 17.3 Å². The zero-order chi connectivity index (χ0) is 15.6. The number of nitrogens with zero attached hydrogens (tertiary/aromatic N) is 3. The van der Waals surface area contributed by atoms with E-state index in [4.69, 9.17) is 5.73 Å². The Bertz CT molecular complexity index is 618. The fourth-order valence-corrected chi connectivity index (χ4v) is 3.69. The van der Waals surface area contributed by atoms with E-state index in [-0.39, 0.29) is 29.3 Å². The van der Waals surface area contributed by atoms with Crippen molar-refractivity contribution in [3.8, 4) is 0 Å². The van der Waals surface area contributed by atoms with Crippen LogP contribution in [-0.4, -0.2) is 54.2 Å². The lowest BCUT2D eigenvalue weighted by molar-refractivity contribution is -0.133. The Labute approximate surface area is 136 Å². The third-order valence-electron chi connectivity index (χ3n) is 3.63. The molecule has 10 heteroatoms. The maximum Gasteiger partial charge on any atom is 0.244 e. The number of carbonyl (C=O) groups is 1. The monoisotopic (exact) mass is 351 g/mol. The first-order valence-corrected chi connectivity index (χ1v) is 8.35. The molecule has 3 N–H and O–H groups in total. The fourth-order valence-electron chi connectivity index (χ4n) is 2.51. The molecule has 126 valence electrons. The van der Waals surface area contributed by atoms with Gasteiger partial charge in [0.15, 0.2) is 0 Å². The van der Waals surface area contributed by atoms with Gasteiger partial charge in [-0.2, -0.15) is 9.82 Å². The average molecular weight is 352 g/mol. The van der Waals surface area contributed by atoms with E-state index in [9.17, 15) is 13.2 Å². The topological polar surface area (TPSA) is 110 Å². The minimum atomic E-state index is -3.75. The van der Waals surface area contributed by atoms with Crippen LogP contribution in [0.1, 0.15) is 19.8 Å². The molecule has 1 aromatic heterocycles. The van der Waals surface area contributed by atoms with Gasteiger partial charge in [0.25, 0.3) is 0 Å². The number of amides is 1. The van der Waals surface area contributed by atoms with Crippen LogP contribution < -0.4 is 10.5 Å². The van der Waals surface area contributed by atoms with Gasteiger partial charge in [-0.15, -0.1) is 12.4 Å². The lowest BCUT2D eigenvalue weighted by Gasteiger charge is -2.26. The van der Waals surface area contributed by atoms with E-state index < -0.39 is 16.1 Å². The summed E-state index contributed by atoms with van der Waals surface area (Å²) in [6, 6.07) is -0.829. The first-order valence-electron chi connectivity index (χ1n) is 6.86. The molecule has 2 unspecified atom stereocenters. The Hall–Kier alpha value is -1.16. The van der Waals surface area contributed by atoms with Crippen molar-refractivity contribution >= 4 is 28.3 Å². The van der Waals surface area contributed by atoms with Gasteiger partial charge < -0.3 is 10.6 Å². The molecule has 0 saturated carbocycles. The summed E-state index contributed by atoms with van der Waals surface area (Å²) in [5.74, 6) is -0.240. The second kappa shape index (κ2) is 7.40. The van der Waals surface area contributed by atoms with E-state index in [0.717, 1.165) is 12.8 Å². The Kier molecular flexibility index (Phi) is 6.36. The Morgan fingerprint density at radius 3 is 2.82 bits per heavy atom. The summed E-state index contributed by atoms with van der Waals surface area (Å²) in [5, 5.41) is 3.82. The molecule has 1 fully saturated rings. The number of nitrogens with one attached hydrogen (secondary N) is 1. The fraction of sp³-hybridized carbons (Fsp3) is 0.667. The number of halogens is 1. The molecule has 2 atom stereocenters. The summed E-state index contributed by atoms with van der Waals surface area (Å²) in [6.45, 7) is 2.57. The van der Waals surface area contributed by atoms with Crippen LogP contribution in [0.2, 0.25) is 0 Å². The summed E-state index contributed by atoms with van der Waals surface area (Å²) in [4.78, 5) is 14.1. The highest BCUT2D eigenvalue weighted by atomic mass is 35.5. The zero-order valence-electron chi connectivity index (χ0n) is 12.6. The highest BCUT2D eigenvalue weighted by Crippen LogP contribution is 2.18. The van der Waals surface area contributed by atoms with Gasteiger partial charge in [0.2, 0.25) is 15.9 Å². The van der Waals surface area contributed by atoms with Crippen LogP contribution in [0.5, 0.6) is 0 Å². The normalized spacial score (nSPS) is 19.8. The van der Waals surface area contributed by atoms with E-state index in [1.54, 1.807) is 18.9 Å². The second-order valence-electron chi connectivity index (χ2n) is 5.26. The smallest absolute Gasteiger partial charge is 0.244 e. The second-order valence-corrected chi connectivity index (χ2v) is 6.97. The first kappa shape index (κ1) is 18.9. The number of hydrogen-bond donors (Lipinski definition) is 2. The molecule has 1 saturated heterocycles. The van der Waals surface area contributed by atoms with Crippen LogP contribution in [-0.2, 0) is 21.9 Å². The molecule has 22 heavy (non-hydrogen) atoms. The standard InChI is InChI=1S/C12H21N5O3S.ClH/c1-9(12(18)17-5-3-4-10(17)6-13)15-21(19,20)11-7-14-16(2)8-11;/h7-10,15H,3-6,13H2,1-2H3;1H. The number of likely N-dealkylation sites (tertiary alicyclic amines) is 1. The molecule has 2 heterocycles. The van der Waals surface area contributed by atoms with Gasteiger partial charge in [-0.3, -0.25) is 9.48 Å².